The molecule has 0 saturated heterocycles. The average Bonchev–Trinajstić information content (AvgIpc) is 3.07. The molecule has 1 aromatic carbocycles. The van der Waals surface area contributed by atoms with Gasteiger partial charge in [0.15, 0.2) is 5.69 Å². The number of anilines is 1. The molecule has 5 nitrogen and oxygen atoms in total. The summed E-state index contributed by atoms with van der Waals surface area (Å²) in [5.74, 6) is 1.01. The average molecular weight is 345 g/mol. The van der Waals surface area contributed by atoms with Gasteiger partial charge in [0, 0.05) is 18.0 Å². The fourth-order valence-electron chi connectivity index (χ4n) is 3.99. The fraction of sp³-hybridized carbons (Fsp3) is 0.353. The van der Waals surface area contributed by atoms with Gasteiger partial charge in [0.25, 0.3) is 5.78 Å². The quantitative estimate of drug-likeness (QED) is 0.774. The number of benzene rings is 1. The van der Waals surface area contributed by atoms with Crippen LogP contribution in [0, 0.1) is 5.92 Å². The minimum atomic E-state index is -4.52. The molecular formula is C17H14F3N5. The summed E-state index contributed by atoms with van der Waals surface area (Å²) in [6.45, 7) is 0. The maximum absolute atomic E-state index is 13.1. The largest absolute Gasteiger partial charge is 0.433 e. The smallest absolute Gasteiger partial charge is 0.366 e. The van der Waals surface area contributed by atoms with Crippen molar-refractivity contribution in [1.29, 1.82) is 0 Å². The molecule has 1 N–H and O–H groups in total. The molecule has 2 aromatic heterocycles. The number of aryl methyl sites for hydroxylation is 1. The maximum atomic E-state index is 13.1. The Bertz CT molecular complexity index is 964. The lowest BCUT2D eigenvalue weighted by Gasteiger charge is -2.13. The fourth-order valence-corrected chi connectivity index (χ4v) is 3.99. The maximum Gasteiger partial charge on any atom is 0.433 e. The first kappa shape index (κ1) is 14.7. The second-order valence-electron chi connectivity index (χ2n) is 6.59. The van der Waals surface area contributed by atoms with E-state index in [1.807, 2.05) is 12.1 Å². The molecule has 2 aliphatic rings. The van der Waals surface area contributed by atoms with Gasteiger partial charge < -0.3 is 5.32 Å². The van der Waals surface area contributed by atoms with Crippen molar-refractivity contribution in [1.82, 2.24) is 19.6 Å². The Labute approximate surface area is 140 Å². The van der Waals surface area contributed by atoms with Crippen molar-refractivity contribution in [3.63, 3.8) is 0 Å². The van der Waals surface area contributed by atoms with Gasteiger partial charge in [-0.2, -0.15) is 27.8 Å². The number of halogens is 3. The molecule has 3 aromatic rings. The third kappa shape index (κ3) is 2.27. The van der Waals surface area contributed by atoms with E-state index in [0.29, 0.717) is 11.8 Å². The molecule has 2 heterocycles. The summed E-state index contributed by atoms with van der Waals surface area (Å²) in [5, 5.41) is 7.26. The zero-order chi connectivity index (χ0) is 17.2. The molecule has 128 valence electrons. The second kappa shape index (κ2) is 4.93. The van der Waals surface area contributed by atoms with Gasteiger partial charge in [0.05, 0.1) is 0 Å². The van der Waals surface area contributed by atoms with E-state index in [4.69, 9.17) is 0 Å². The van der Waals surface area contributed by atoms with Crippen LogP contribution in [0.2, 0.25) is 0 Å². The molecule has 0 aliphatic heterocycles. The number of alkyl halides is 3. The molecule has 3 atom stereocenters. The number of aromatic nitrogens is 4. The topological polar surface area (TPSA) is 55.1 Å². The summed E-state index contributed by atoms with van der Waals surface area (Å²) in [5.41, 5.74) is 1.68. The standard InChI is InChI=1S/C17H14F3N5/c18-17(19,20)12-7-13(25-16(23-12)21-8-22-25)24-15-11-6-5-9-3-1-2-4-10(9)14(11)15/h1-4,7-8,11,14-15,24H,5-6H2. The van der Waals surface area contributed by atoms with Crippen molar-refractivity contribution in [2.24, 2.45) is 5.92 Å². The number of nitrogens with one attached hydrogen (secondary N) is 1. The SMILES string of the molecule is FC(F)(F)c1cc(NC2C3CCc4ccccc4C32)n2ncnc2n1. The number of hydrogen-bond acceptors (Lipinski definition) is 4. The molecular weight excluding hydrogens is 331 g/mol. The van der Waals surface area contributed by atoms with Crippen LogP contribution in [-0.4, -0.2) is 25.6 Å². The van der Waals surface area contributed by atoms with Gasteiger partial charge >= 0.3 is 6.18 Å². The van der Waals surface area contributed by atoms with Gasteiger partial charge in [-0.1, -0.05) is 24.3 Å². The predicted molar refractivity (Wildman–Crippen MR) is 84.2 cm³/mol. The molecule has 2 aliphatic carbocycles. The number of fused-ring (bicyclic) bond motifs is 4. The Morgan fingerprint density at radius 1 is 1.20 bits per heavy atom. The van der Waals surface area contributed by atoms with Crippen LogP contribution < -0.4 is 5.32 Å². The van der Waals surface area contributed by atoms with E-state index >= 15 is 0 Å². The Balaban J connectivity index is 1.51. The van der Waals surface area contributed by atoms with Crippen LogP contribution in [-0.2, 0) is 12.6 Å². The highest BCUT2D eigenvalue weighted by Crippen LogP contribution is 2.55. The molecule has 0 spiro atoms. The zero-order valence-corrected chi connectivity index (χ0v) is 13.0. The van der Waals surface area contributed by atoms with Crippen LogP contribution in [0.5, 0.6) is 0 Å². The molecule has 3 unspecified atom stereocenters. The summed E-state index contributed by atoms with van der Waals surface area (Å²) in [7, 11) is 0. The van der Waals surface area contributed by atoms with E-state index in [-0.39, 0.29) is 17.6 Å². The molecule has 1 fully saturated rings. The third-order valence-corrected chi connectivity index (χ3v) is 5.19. The summed E-state index contributed by atoms with van der Waals surface area (Å²) < 4.78 is 40.6. The van der Waals surface area contributed by atoms with Crippen LogP contribution in [0.1, 0.15) is 29.2 Å². The monoisotopic (exact) mass is 345 g/mol. The predicted octanol–water partition coefficient (Wildman–Crippen LogP) is 3.28. The van der Waals surface area contributed by atoms with Gasteiger partial charge in [-0.3, -0.25) is 0 Å². The summed E-state index contributed by atoms with van der Waals surface area (Å²) >= 11 is 0. The van der Waals surface area contributed by atoms with E-state index < -0.39 is 11.9 Å². The number of hydrogen-bond donors (Lipinski definition) is 1. The van der Waals surface area contributed by atoms with Gasteiger partial charge in [0.2, 0.25) is 0 Å². The van der Waals surface area contributed by atoms with Gasteiger partial charge in [-0.15, -0.1) is 0 Å². The van der Waals surface area contributed by atoms with E-state index in [0.717, 1.165) is 18.9 Å². The number of rotatable bonds is 2. The van der Waals surface area contributed by atoms with Crippen molar-refractivity contribution in [2.75, 3.05) is 5.32 Å². The van der Waals surface area contributed by atoms with E-state index in [9.17, 15) is 13.2 Å². The molecule has 0 amide bonds. The van der Waals surface area contributed by atoms with Crippen LogP contribution in [0.3, 0.4) is 0 Å². The van der Waals surface area contributed by atoms with Crippen molar-refractivity contribution in [3.8, 4) is 0 Å². The minimum absolute atomic E-state index is 0.0543. The zero-order valence-electron chi connectivity index (χ0n) is 13.0. The lowest BCUT2D eigenvalue weighted by atomic mass is 9.92. The Hall–Kier alpha value is -2.64. The lowest BCUT2D eigenvalue weighted by Crippen LogP contribution is -2.15. The highest BCUT2D eigenvalue weighted by molar-refractivity contribution is 5.51. The molecule has 5 rings (SSSR count). The van der Waals surface area contributed by atoms with Crippen molar-refractivity contribution < 1.29 is 13.2 Å². The first-order valence-corrected chi connectivity index (χ1v) is 8.15. The van der Waals surface area contributed by atoms with E-state index in [2.05, 4.69) is 32.5 Å². The summed E-state index contributed by atoms with van der Waals surface area (Å²) in [6, 6.07) is 9.41. The lowest BCUT2D eigenvalue weighted by molar-refractivity contribution is -0.141. The molecule has 0 radical (unpaired) electrons. The normalized spacial score (nSPS) is 24.7. The second-order valence-corrected chi connectivity index (χ2v) is 6.59. The van der Waals surface area contributed by atoms with Crippen molar-refractivity contribution in [2.45, 2.75) is 31.0 Å². The Kier molecular flexibility index (Phi) is 2.90. The Morgan fingerprint density at radius 2 is 2.04 bits per heavy atom. The highest BCUT2D eigenvalue weighted by Gasteiger charge is 2.53. The van der Waals surface area contributed by atoms with Crippen molar-refractivity contribution >= 4 is 11.6 Å². The number of nitrogens with zero attached hydrogens (tertiary/aromatic N) is 4. The molecule has 8 heteroatoms. The first-order valence-electron chi connectivity index (χ1n) is 8.15. The summed E-state index contributed by atoms with van der Waals surface area (Å²) in [4.78, 5) is 7.35. The van der Waals surface area contributed by atoms with Crippen LogP contribution in [0.4, 0.5) is 19.0 Å². The van der Waals surface area contributed by atoms with Gasteiger partial charge in [-0.05, 0) is 29.9 Å². The molecule has 25 heavy (non-hydrogen) atoms. The summed E-state index contributed by atoms with van der Waals surface area (Å²) in [6.07, 6.45) is -1.26. The molecule has 1 saturated carbocycles. The van der Waals surface area contributed by atoms with Crippen LogP contribution in [0.25, 0.3) is 5.78 Å². The van der Waals surface area contributed by atoms with Crippen LogP contribution in [0.15, 0.2) is 36.7 Å². The highest BCUT2D eigenvalue weighted by atomic mass is 19.4. The first-order chi connectivity index (χ1) is 12.0. The minimum Gasteiger partial charge on any atom is -0.366 e. The van der Waals surface area contributed by atoms with Crippen molar-refractivity contribution in [3.05, 3.63) is 53.5 Å². The van der Waals surface area contributed by atoms with Crippen LogP contribution >= 0.6 is 0 Å². The van der Waals surface area contributed by atoms with Gasteiger partial charge in [-0.25, -0.2) is 4.98 Å². The van der Waals surface area contributed by atoms with E-state index in [1.54, 1.807) is 0 Å². The van der Waals surface area contributed by atoms with E-state index in [1.165, 1.54) is 22.0 Å². The van der Waals surface area contributed by atoms with Gasteiger partial charge in [0.1, 0.15) is 12.1 Å². The molecule has 0 bridgehead atoms. The Morgan fingerprint density at radius 3 is 2.88 bits per heavy atom. The third-order valence-electron chi connectivity index (χ3n) is 5.19.